The highest BCUT2D eigenvalue weighted by Crippen LogP contribution is 2.33. The molecule has 0 aliphatic heterocycles. The molecule has 20 heavy (non-hydrogen) atoms. The lowest BCUT2D eigenvalue weighted by Gasteiger charge is -2.34. The summed E-state index contributed by atoms with van der Waals surface area (Å²) in [5, 5.41) is 19.7. The summed E-state index contributed by atoms with van der Waals surface area (Å²) in [6.07, 6.45) is 6.85. The number of hydrogen-bond acceptors (Lipinski definition) is 4. The van der Waals surface area contributed by atoms with Crippen molar-refractivity contribution in [2.45, 2.75) is 44.8 Å². The first-order valence-corrected chi connectivity index (χ1v) is 7.09. The van der Waals surface area contributed by atoms with Crippen molar-refractivity contribution in [2.75, 3.05) is 0 Å². The van der Waals surface area contributed by atoms with Crippen LogP contribution in [0, 0.1) is 5.92 Å². The molecule has 6 nitrogen and oxygen atoms in total. The quantitative estimate of drug-likeness (QED) is 0.890. The summed E-state index contributed by atoms with van der Waals surface area (Å²) in [6.45, 7) is 2.59. The molecule has 1 aliphatic carbocycles. The van der Waals surface area contributed by atoms with E-state index in [4.69, 9.17) is 0 Å². The minimum Gasteiger partial charge on any atom is -0.388 e. The maximum atomic E-state index is 12.2. The van der Waals surface area contributed by atoms with Gasteiger partial charge in [0.25, 0.3) is 5.56 Å². The fourth-order valence-corrected chi connectivity index (χ4v) is 2.94. The van der Waals surface area contributed by atoms with Crippen molar-refractivity contribution in [3.05, 3.63) is 22.7 Å². The SMILES string of the molecule is CC1CCC(O)(Cn2ncc3cnn(C)c(=O)c32)CC1. The molecule has 0 radical (unpaired) electrons. The predicted octanol–water partition coefficient (Wildman–Crippen LogP) is 1.07. The van der Waals surface area contributed by atoms with Crippen molar-refractivity contribution in [1.29, 1.82) is 0 Å². The van der Waals surface area contributed by atoms with E-state index in [0.29, 0.717) is 18.0 Å². The number of aromatic nitrogens is 4. The maximum Gasteiger partial charge on any atom is 0.292 e. The van der Waals surface area contributed by atoms with Crippen LogP contribution >= 0.6 is 0 Å². The molecule has 6 heteroatoms. The minimum atomic E-state index is -0.750. The van der Waals surface area contributed by atoms with E-state index in [1.165, 1.54) is 4.68 Å². The Bertz CT molecular complexity index is 680. The third-order valence-electron chi connectivity index (χ3n) is 4.38. The molecule has 1 saturated carbocycles. The lowest BCUT2D eigenvalue weighted by Crippen LogP contribution is -2.39. The molecule has 2 aromatic heterocycles. The fourth-order valence-electron chi connectivity index (χ4n) is 2.94. The average Bonchev–Trinajstić information content (AvgIpc) is 2.81. The number of rotatable bonds is 2. The lowest BCUT2D eigenvalue weighted by molar-refractivity contribution is -0.0234. The van der Waals surface area contributed by atoms with Crippen LogP contribution in [0.15, 0.2) is 17.2 Å². The van der Waals surface area contributed by atoms with Crippen molar-refractivity contribution in [1.82, 2.24) is 19.6 Å². The van der Waals surface area contributed by atoms with Gasteiger partial charge in [-0.15, -0.1) is 0 Å². The molecular weight excluding hydrogens is 256 g/mol. The second kappa shape index (κ2) is 4.70. The second-order valence-corrected chi connectivity index (χ2v) is 6.09. The molecular formula is C14H20N4O2. The normalized spacial score (nSPS) is 27.1. The predicted molar refractivity (Wildman–Crippen MR) is 75.4 cm³/mol. The van der Waals surface area contributed by atoms with Crippen LogP contribution in [-0.4, -0.2) is 30.3 Å². The van der Waals surface area contributed by atoms with Gasteiger partial charge in [0.1, 0.15) is 5.52 Å². The van der Waals surface area contributed by atoms with Gasteiger partial charge in [-0.1, -0.05) is 6.92 Å². The van der Waals surface area contributed by atoms with Gasteiger partial charge in [-0.25, -0.2) is 4.68 Å². The van der Waals surface area contributed by atoms with Gasteiger partial charge in [-0.2, -0.15) is 10.2 Å². The van der Waals surface area contributed by atoms with Gasteiger partial charge in [0.05, 0.1) is 24.5 Å². The van der Waals surface area contributed by atoms with E-state index in [9.17, 15) is 9.90 Å². The third-order valence-corrected chi connectivity index (χ3v) is 4.38. The molecule has 1 aliphatic rings. The molecule has 1 N–H and O–H groups in total. The van der Waals surface area contributed by atoms with Gasteiger partial charge in [0, 0.05) is 12.4 Å². The van der Waals surface area contributed by atoms with Crippen LogP contribution in [0.4, 0.5) is 0 Å². The maximum absolute atomic E-state index is 12.2. The minimum absolute atomic E-state index is 0.173. The largest absolute Gasteiger partial charge is 0.388 e. The first-order valence-electron chi connectivity index (χ1n) is 7.09. The van der Waals surface area contributed by atoms with E-state index in [0.717, 1.165) is 31.1 Å². The van der Waals surface area contributed by atoms with Gasteiger partial charge in [-0.3, -0.25) is 9.48 Å². The van der Waals surface area contributed by atoms with Crippen molar-refractivity contribution < 1.29 is 5.11 Å². The third kappa shape index (κ3) is 2.24. The number of hydrogen-bond donors (Lipinski definition) is 1. The molecule has 0 atom stereocenters. The van der Waals surface area contributed by atoms with Crippen LogP contribution in [0.5, 0.6) is 0 Å². The van der Waals surface area contributed by atoms with Crippen LogP contribution in [0.25, 0.3) is 10.9 Å². The van der Waals surface area contributed by atoms with Crippen molar-refractivity contribution in [3.63, 3.8) is 0 Å². The molecule has 2 aromatic rings. The van der Waals surface area contributed by atoms with Crippen LogP contribution in [0.2, 0.25) is 0 Å². The van der Waals surface area contributed by atoms with Gasteiger partial charge in [-0.05, 0) is 31.6 Å². The zero-order valence-corrected chi connectivity index (χ0v) is 11.9. The Morgan fingerprint density at radius 1 is 1.35 bits per heavy atom. The summed E-state index contributed by atoms with van der Waals surface area (Å²) in [5.74, 6) is 0.668. The summed E-state index contributed by atoms with van der Waals surface area (Å²) in [6, 6.07) is 0. The van der Waals surface area contributed by atoms with Crippen LogP contribution < -0.4 is 5.56 Å². The van der Waals surface area contributed by atoms with Crippen LogP contribution in [0.3, 0.4) is 0 Å². The molecule has 0 aromatic carbocycles. The monoisotopic (exact) mass is 276 g/mol. The fraction of sp³-hybridized carbons (Fsp3) is 0.643. The van der Waals surface area contributed by atoms with E-state index in [1.54, 1.807) is 24.1 Å². The smallest absolute Gasteiger partial charge is 0.292 e. The first kappa shape index (κ1) is 13.3. The lowest BCUT2D eigenvalue weighted by atomic mass is 9.79. The van der Waals surface area contributed by atoms with Gasteiger partial charge >= 0.3 is 0 Å². The highest BCUT2D eigenvalue weighted by atomic mass is 16.3. The van der Waals surface area contributed by atoms with E-state index >= 15 is 0 Å². The highest BCUT2D eigenvalue weighted by Gasteiger charge is 2.33. The number of fused-ring (bicyclic) bond motifs is 1. The van der Waals surface area contributed by atoms with Crippen molar-refractivity contribution >= 4 is 10.9 Å². The number of nitrogens with zero attached hydrogens (tertiary/aromatic N) is 4. The molecule has 1 fully saturated rings. The molecule has 0 bridgehead atoms. The Balaban J connectivity index is 1.95. The standard InChI is InChI=1S/C14H20N4O2/c1-10-3-5-14(20,6-4-10)9-18-12-11(8-16-18)7-15-17(2)13(12)19/h7-8,10,20H,3-6,9H2,1-2H3. The molecule has 108 valence electrons. The molecule has 0 unspecified atom stereocenters. The zero-order chi connectivity index (χ0) is 14.3. The van der Waals surface area contributed by atoms with Crippen LogP contribution in [-0.2, 0) is 13.6 Å². The Morgan fingerprint density at radius 3 is 2.70 bits per heavy atom. The van der Waals surface area contributed by atoms with Crippen molar-refractivity contribution in [3.8, 4) is 0 Å². The molecule has 2 heterocycles. The summed E-state index contributed by atoms with van der Waals surface area (Å²) in [4.78, 5) is 12.2. The molecule has 0 spiro atoms. The number of aryl methyl sites for hydroxylation is 1. The highest BCUT2D eigenvalue weighted by molar-refractivity contribution is 5.76. The Labute approximate surface area is 117 Å². The van der Waals surface area contributed by atoms with Gasteiger partial charge in [0.15, 0.2) is 0 Å². The van der Waals surface area contributed by atoms with Crippen molar-refractivity contribution in [2.24, 2.45) is 13.0 Å². The second-order valence-electron chi connectivity index (χ2n) is 6.09. The Hall–Kier alpha value is -1.69. The Kier molecular flexibility index (Phi) is 3.12. The van der Waals surface area contributed by atoms with E-state index in [-0.39, 0.29) is 5.56 Å². The number of aliphatic hydroxyl groups is 1. The molecule has 0 saturated heterocycles. The molecule has 3 rings (SSSR count). The first-order chi connectivity index (χ1) is 9.48. The topological polar surface area (TPSA) is 72.9 Å². The zero-order valence-electron chi connectivity index (χ0n) is 11.9. The average molecular weight is 276 g/mol. The van der Waals surface area contributed by atoms with Gasteiger partial charge < -0.3 is 5.11 Å². The summed E-state index contributed by atoms with van der Waals surface area (Å²) >= 11 is 0. The Morgan fingerprint density at radius 2 is 2.00 bits per heavy atom. The van der Waals surface area contributed by atoms with E-state index in [2.05, 4.69) is 17.1 Å². The molecule has 0 amide bonds. The summed E-state index contributed by atoms with van der Waals surface area (Å²) < 4.78 is 2.93. The van der Waals surface area contributed by atoms with Crippen LogP contribution in [0.1, 0.15) is 32.6 Å². The van der Waals surface area contributed by atoms with Gasteiger partial charge in [0.2, 0.25) is 0 Å². The van der Waals surface area contributed by atoms with E-state index in [1.807, 2.05) is 0 Å². The van der Waals surface area contributed by atoms with E-state index < -0.39 is 5.60 Å². The summed E-state index contributed by atoms with van der Waals surface area (Å²) in [7, 11) is 1.62. The summed E-state index contributed by atoms with van der Waals surface area (Å²) in [5.41, 5.74) is -0.401.